The molecule has 2 aromatic rings. The zero-order valence-corrected chi connectivity index (χ0v) is 16.4. The van der Waals surface area contributed by atoms with Crippen LogP contribution in [0.2, 0.25) is 0 Å². The summed E-state index contributed by atoms with van der Waals surface area (Å²) in [6, 6.07) is 19.2. The molecule has 0 saturated carbocycles. The first-order chi connectivity index (χ1) is 12.6. The first-order valence-electron chi connectivity index (χ1n) is 9.84. The number of benzene rings is 2. The summed E-state index contributed by atoms with van der Waals surface area (Å²) in [6.45, 7) is 10.2. The van der Waals surface area contributed by atoms with Gasteiger partial charge in [-0.25, -0.2) is 0 Å². The molecule has 3 rings (SSSR count). The van der Waals surface area contributed by atoms with Gasteiger partial charge in [-0.05, 0) is 36.2 Å². The maximum Gasteiger partial charge on any atom is 0.125 e. The van der Waals surface area contributed by atoms with E-state index in [-0.39, 0.29) is 6.10 Å². The molecule has 1 atom stereocenters. The van der Waals surface area contributed by atoms with Crippen LogP contribution >= 0.6 is 0 Å². The third-order valence-electron chi connectivity index (χ3n) is 5.28. The van der Waals surface area contributed by atoms with E-state index in [9.17, 15) is 0 Å². The fourth-order valence-corrected chi connectivity index (χ4v) is 3.44. The predicted molar refractivity (Wildman–Crippen MR) is 109 cm³/mol. The lowest BCUT2D eigenvalue weighted by molar-refractivity contribution is 0.123. The Balaban J connectivity index is 1.69. The Bertz CT molecular complexity index is 663. The summed E-state index contributed by atoms with van der Waals surface area (Å²) < 4.78 is 6.47. The van der Waals surface area contributed by atoms with Crippen LogP contribution in [0.4, 0.5) is 0 Å². The van der Waals surface area contributed by atoms with Crippen LogP contribution in [0.3, 0.4) is 0 Å². The van der Waals surface area contributed by atoms with Gasteiger partial charge in [0, 0.05) is 39.1 Å². The average molecular weight is 353 g/mol. The van der Waals surface area contributed by atoms with Gasteiger partial charge in [0.2, 0.25) is 0 Å². The molecule has 0 N–H and O–H groups in total. The van der Waals surface area contributed by atoms with E-state index < -0.39 is 0 Å². The van der Waals surface area contributed by atoms with Crippen LogP contribution in [0, 0.1) is 0 Å². The van der Waals surface area contributed by atoms with E-state index in [0.29, 0.717) is 5.92 Å². The minimum absolute atomic E-state index is 0.0956. The Morgan fingerprint density at radius 2 is 1.58 bits per heavy atom. The Morgan fingerprint density at radius 1 is 0.885 bits per heavy atom. The molecule has 2 aromatic carbocycles. The second-order valence-corrected chi connectivity index (χ2v) is 7.68. The normalized spacial score (nSPS) is 17.4. The summed E-state index contributed by atoms with van der Waals surface area (Å²) in [5.41, 5.74) is 2.59. The molecule has 0 radical (unpaired) electrons. The highest BCUT2D eigenvalue weighted by Gasteiger charge is 2.18. The molecule has 3 heteroatoms. The smallest absolute Gasteiger partial charge is 0.125 e. The lowest BCUT2D eigenvalue weighted by Crippen LogP contribution is -2.45. The monoisotopic (exact) mass is 352 g/mol. The van der Waals surface area contributed by atoms with Gasteiger partial charge in [-0.2, -0.15) is 0 Å². The van der Waals surface area contributed by atoms with Crippen LogP contribution in [0.1, 0.15) is 43.4 Å². The van der Waals surface area contributed by atoms with E-state index in [0.717, 1.165) is 44.9 Å². The van der Waals surface area contributed by atoms with Gasteiger partial charge in [-0.3, -0.25) is 0 Å². The maximum atomic E-state index is 6.47. The van der Waals surface area contributed by atoms with Crippen LogP contribution in [0.5, 0.6) is 5.75 Å². The molecule has 0 unspecified atom stereocenters. The van der Waals surface area contributed by atoms with Crippen molar-refractivity contribution in [2.45, 2.75) is 32.3 Å². The highest BCUT2D eigenvalue weighted by atomic mass is 16.5. The quantitative estimate of drug-likeness (QED) is 0.726. The zero-order chi connectivity index (χ0) is 18.4. The number of likely N-dealkylation sites (N-methyl/N-ethyl adjacent to an activating group) is 1. The zero-order valence-electron chi connectivity index (χ0n) is 16.4. The van der Waals surface area contributed by atoms with E-state index in [1.807, 2.05) is 0 Å². The number of hydrogen-bond acceptors (Lipinski definition) is 3. The van der Waals surface area contributed by atoms with Crippen LogP contribution in [-0.4, -0.2) is 49.6 Å². The van der Waals surface area contributed by atoms with Gasteiger partial charge in [0.25, 0.3) is 0 Å². The molecule has 140 valence electrons. The molecule has 1 aliphatic heterocycles. The summed E-state index contributed by atoms with van der Waals surface area (Å²) in [7, 11) is 2.20. The van der Waals surface area contributed by atoms with Gasteiger partial charge in [0.05, 0.1) is 0 Å². The van der Waals surface area contributed by atoms with Crippen LogP contribution < -0.4 is 4.74 Å². The first-order valence-corrected chi connectivity index (χ1v) is 9.84. The highest BCUT2D eigenvalue weighted by molar-refractivity contribution is 5.31. The van der Waals surface area contributed by atoms with Gasteiger partial charge < -0.3 is 14.5 Å². The molecular formula is C23H32N2O. The van der Waals surface area contributed by atoms with Gasteiger partial charge in [-0.1, -0.05) is 56.3 Å². The van der Waals surface area contributed by atoms with Crippen LogP contribution in [0.15, 0.2) is 54.6 Å². The Morgan fingerprint density at radius 3 is 2.27 bits per heavy atom. The Labute approximate surface area is 158 Å². The van der Waals surface area contributed by atoms with Crippen molar-refractivity contribution in [2.75, 3.05) is 39.8 Å². The minimum Gasteiger partial charge on any atom is -0.486 e. The summed E-state index contributed by atoms with van der Waals surface area (Å²) in [5.74, 6) is 1.49. The van der Waals surface area contributed by atoms with Crippen molar-refractivity contribution < 1.29 is 4.74 Å². The van der Waals surface area contributed by atoms with E-state index in [1.165, 1.54) is 11.1 Å². The number of rotatable bonds is 7. The number of nitrogens with zero attached hydrogens (tertiary/aromatic N) is 2. The third kappa shape index (κ3) is 5.33. The van der Waals surface area contributed by atoms with E-state index in [2.05, 4.69) is 85.3 Å². The highest BCUT2D eigenvalue weighted by Crippen LogP contribution is 2.27. The van der Waals surface area contributed by atoms with Crippen molar-refractivity contribution in [1.29, 1.82) is 0 Å². The van der Waals surface area contributed by atoms with Gasteiger partial charge in [-0.15, -0.1) is 0 Å². The van der Waals surface area contributed by atoms with Gasteiger partial charge >= 0.3 is 0 Å². The number of piperazine rings is 1. The minimum atomic E-state index is 0.0956. The SMILES string of the molecule is CC(C)c1cccc(O[C@H](CCN2CCN(C)CC2)c2ccccc2)c1. The fraction of sp³-hybridized carbons (Fsp3) is 0.478. The molecule has 0 aliphatic carbocycles. The van der Waals surface area contributed by atoms with Crippen molar-refractivity contribution in [3.8, 4) is 5.75 Å². The lowest BCUT2D eigenvalue weighted by Gasteiger charge is -2.33. The molecule has 0 bridgehead atoms. The summed E-state index contributed by atoms with van der Waals surface area (Å²) >= 11 is 0. The van der Waals surface area contributed by atoms with Gasteiger partial charge in [0.1, 0.15) is 11.9 Å². The number of ether oxygens (including phenoxy) is 1. The molecule has 3 nitrogen and oxygen atoms in total. The summed E-state index contributed by atoms with van der Waals surface area (Å²) in [4.78, 5) is 4.96. The molecule has 0 aromatic heterocycles. The second kappa shape index (κ2) is 9.20. The first kappa shape index (κ1) is 18.9. The van der Waals surface area contributed by atoms with Crippen molar-refractivity contribution in [3.05, 3.63) is 65.7 Å². The third-order valence-corrected chi connectivity index (χ3v) is 5.28. The van der Waals surface area contributed by atoms with Crippen LogP contribution in [-0.2, 0) is 0 Å². The second-order valence-electron chi connectivity index (χ2n) is 7.68. The van der Waals surface area contributed by atoms with Crippen molar-refractivity contribution >= 4 is 0 Å². The molecule has 0 spiro atoms. The van der Waals surface area contributed by atoms with Crippen molar-refractivity contribution in [2.24, 2.45) is 0 Å². The molecule has 0 amide bonds. The summed E-state index contributed by atoms with van der Waals surface area (Å²) in [5, 5.41) is 0. The molecular weight excluding hydrogens is 320 g/mol. The maximum absolute atomic E-state index is 6.47. The standard InChI is InChI=1S/C23H32N2O/c1-19(2)21-10-7-11-22(18-21)26-23(20-8-5-4-6-9-20)12-13-25-16-14-24(3)15-17-25/h4-11,18-19,23H,12-17H2,1-3H3/t23-/m1/s1. The van der Waals surface area contributed by atoms with E-state index >= 15 is 0 Å². The molecule has 1 saturated heterocycles. The summed E-state index contributed by atoms with van der Waals surface area (Å²) in [6.07, 6.45) is 1.11. The molecule has 1 heterocycles. The topological polar surface area (TPSA) is 15.7 Å². The van der Waals surface area contributed by atoms with Crippen LogP contribution in [0.25, 0.3) is 0 Å². The van der Waals surface area contributed by atoms with Gasteiger partial charge in [0.15, 0.2) is 0 Å². The Kier molecular flexibility index (Phi) is 6.70. The molecule has 1 aliphatic rings. The van der Waals surface area contributed by atoms with E-state index in [1.54, 1.807) is 0 Å². The average Bonchev–Trinajstić information content (AvgIpc) is 2.67. The molecule has 1 fully saturated rings. The Hall–Kier alpha value is -1.84. The van der Waals surface area contributed by atoms with Crippen molar-refractivity contribution in [3.63, 3.8) is 0 Å². The number of hydrogen-bond donors (Lipinski definition) is 0. The fourth-order valence-electron chi connectivity index (χ4n) is 3.44. The van der Waals surface area contributed by atoms with E-state index in [4.69, 9.17) is 4.74 Å². The molecule has 26 heavy (non-hydrogen) atoms. The lowest BCUT2D eigenvalue weighted by atomic mass is 10.0. The van der Waals surface area contributed by atoms with Crippen molar-refractivity contribution in [1.82, 2.24) is 9.80 Å². The largest absolute Gasteiger partial charge is 0.486 e. The predicted octanol–water partition coefficient (Wildman–Crippen LogP) is 4.57.